The van der Waals surface area contributed by atoms with Crippen molar-refractivity contribution in [3.63, 3.8) is 0 Å². The molecular weight excluding hydrogens is 348 g/mol. The topological polar surface area (TPSA) is 42.0 Å². The Morgan fingerprint density at radius 2 is 1.86 bits per heavy atom. The molecule has 1 amide bonds. The Morgan fingerprint density at radius 3 is 2.41 bits per heavy atom. The van der Waals surface area contributed by atoms with Gasteiger partial charge in [0.15, 0.2) is 0 Å². The Morgan fingerprint density at radius 1 is 1.23 bits per heavy atom. The number of hydrogen-bond acceptors (Lipinski definition) is 4. The number of hydrogen-bond donors (Lipinski definition) is 0. The SMILES string of the molecule is [2H]C1([2H])N(C(=O)OC(C)(C)C)C([2H])([2H])C([2H])([2H])N(c2cc(Br)cc(OC)c2)C1([2H])[2H]. The van der Waals surface area contributed by atoms with Gasteiger partial charge in [-0.25, -0.2) is 4.79 Å². The molecule has 1 aromatic rings. The molecule has 22 heavy (non-hydrogen) atoms. The van der Waals surface area contributed by atoms with Crippen molar-refractivity contribution in [2.75, 3.05) is 38.0 Å². The maximum atomic E-state index is 12.7. The van der Waals surface area contributed by atoms with Crippen molar-refractivity contribution < 1.29 is 25.2 Å². The van der Waals surface area contributed by atoms with E-state index < -0.39 is 37.7 Å². The highest BCUT2D eigenvalue weighted by Gasteiger charge is 2.26. The standard InChI is InChI=1S/C16H23BrN2O3/c1-16(2,3)22-15(20)19-7-5-18(6-8-19)13-9-12(17)10-14(11-13)21-4/h9-11H,5-8H2,1-4H3/i5D2,6D2,7D2,8D2. The van der Waals surface area contributed by atoms with Crippen molar-refractivity contribution in [3.8, 4) is 5.75 Å². The number of benzene rings is 1. The molecule has 1 aromatic carbocycles. The van der Waals surface area contributed by atoms with E-state index in [1.165, 1.54) is 46.1 Å². The zero-order chi connectivity index (χ0) is 23.5. The molecule has 2 rings (SSSR count). The maximum absolute atomic E-state index is 12.7. The van der Waals surface area contributed by atoms with Gasteiger partial charge in [-0.2, -0.15) is 0 Å². The summed E-state index contributed by atoms with van der Waals surface area (Å²) < 4.78 is 77.5. The van der Waals surface area contributed by atoms with Gasteiger partial charge in [-0.15, -0.1) is 0 Å². The van der Waals surface area contributed by atoms with Gasteiger partial charge in [-0.05, 0) is 32.9 Å². The van der Waals surface area contributed by atoms with Gasteiger partial charge in [-0.1, -0.05) is 15.9 Å². The number of nitrogens with zero attached hydrogens (tertiary/aromatic N) is 2. The van der Waals surface area contributed by atoms with Crippen LogP contribution in [0.15, 0.2) is 22.7 Å². The molecule has 6 heteroatoms. The molecular formula is C16H23BrN2O3. The lowest BCUT2D eigenvalue weighted by Crippen LogP contribution is -2.50. The summed E-state index contributed by atoms with van der Waals surface area (Å²) in [5, 5.41) is 0. The minimum Gasteiger partial charge on any atom is -0.497 e. The van der Waals surface area contributed by atoms with Crippen molar-refractivity contribution in [3.05, 3.63) is 22.7 Å². The van der Waals surface area contributed by atoms with E-state index in [2.05, 4.69) is 15.9 Å². The predicted octanol–water partition coefficient (Wildman–Crippen LogP) is 3.51. The molecule has 0 spiro atoms. The molecule has 1 heterocycles. The highest BCUT2D eigenvalue weighted by Crippen LogP contribution is 2.28. The zero-order valence-electron chi connectivity index (χ0n) is 20.7. The molecule has 122 valence electrons. The molecule has 0 saturated carbocycles. The van der Waals surface area contributed by atoms with Crippen LogP contribution in [0, 0.1) is 0 Å². The number of amides is 1. The van der Waals surface area contributed by atoms with E-state index in [0.717, 1.165) is 0 Å². The van der Waals surface area contributed by atoms with Gasteiger partial charge in [-0.3, -0.25) is 0 Å². The summed E-state index contributed by atoms with van der Waals surface area (Å²) in [6, 6.07) is 4.07. The lowest BCUT2D eigenvalue weighted by atomic mass is 10.2. The molecule has 0 bridgehead atoms. The van der Waals surface area contributed by atoms with Crippen LogP contribution in [0.25, 0.3) is 0 Å². The number of piperazine rings is 1. The van der Waals surface area contributed by atoms with E-state index in [-0.39, 0.29) is 16.3 Å². The van der Waals surface area contributed by atoms with Crippen LogP contribution in [0.1, 0.15) is 31.7 Å². The van der Waals surface area contributed by atoms with Crippen molar-refractivity contribution >= 4 is 27.7 Å². The summed E-state index contributed by atoms with van der Waals surface area (Å²) in [6.45, 7) is -8.62. The Bertz CT molecular complexity index is 816. The summed E-state index contributed by atoms with van der Waals surface area (Å²) in [6.07, 6.45) is -1.52. The van der Waals surface area contributed by atoms with E-state index in [1.54, 1.807) is 0 Å². The van der Waals surface area contributed by atoms with Gasteiger partial charge in [0.05, 0.1) is 18.1 Å². The highest BCUT2D eigenvalue weighted by molar-refractivity contribution is 9.10. The number of methoxy groups -OCH3 is 1. The molecule has 1 aliphatic rings. The smallest absolute Gasteiger partial charge is 0.410 e. The van der Waals surface area contributed by atoms with Crippen LogP contribution >= 0.6 is 15.9 Å². The average Bonchev–Trinajstić information content (AvgIpc) is 2.50. The van der Waals surface area contributed by atoms with Gasteiger partial charge in [0.2, 0.25) is 0 Å². The van der Waals surface area contributed by atoms with E-state index in [1.807, 2.05) is 0 Å². The number of carbonyl (C=O) groups is 1. The Balaban J connectivity index is 2.74. The molecule has 0 N–H and O–H groups in total. The molecule has 0 radical (unpaired) electrons. The second-order valence-electron chi connectivity index (χ2n) is 5.45. The van der Waals surface area contributed by atoms with Crippen LogP contribution in [0.3, 0.4) is 0 Å². The fourth-order valence-corrected chi connectivity index (χ4v) is 2.04. The third-order valence-electron chi connectivity index (χ3n) is 2.47. The monoisotopic (exact) mass is 378 g/mol. The van der Waals surface area contributed by atoms with Crippen LogP contribution < -0.4 is 9.64 Å². The van der Waals surface area contributed by atoms with Crippen LogP contribution in [0.4, 0.5) is 10.5 Å². The third kappa shape index (κ3) is 4.53. The van der Waals surface area contributed by atoms with Crippen molar-refractivity contribution in [1.82, 2.24) is 4.90 Å². The fourth-order valence-electron chi connectivity index (χ4n) is 1.58. The van der Waals surface area contributed by atoms with Crippen LogP contribution in [-0.2, 0) is 4.74 Å². The molecule has 1 aliphatic heterocycles. The second kappa shape index (κ2) is 6.77. The van der Waals surface area contributed by atoms with Crippen LogP contribution in [0.5, 0.6) is 5.75 Å². The summed E-state index contributed by atoms with van der Waals surface area (Å²) in [5.41, 5.74) is -1.33. The normalized spacial score (nSPS) is 30.2. The average molecular weight is 379 g/mol. The minimum absolute atomic E-state index is 0.142. The number of carbonyl (C=O) groups excluding carboxylic acids is 1. The first-order valence-corrected chi connectivity index (χ1v) is 7.28. The number of rotatable bonds is 2. The van der Waals surface area contributed by atoms with Crippen LogP contribution in [0.2, 0.25) is 0 Å². The Hall–Kier alpha value is -1.43. The summed E-state index contributed by atoms with van der Waals surface area (Å²) >= 11 is 3.20. The van der Waals surface area contributed by atoms with Crippen molar-refractivity contribution in [1.29, 1.82) is 0 Å². The lowest BCUT2D eigenvalue weighted by molar-refractivity contribution is 0.0240. The van der Waals surface area contributed by atoms with Crippen molar-refractivity contribution in [2.45, 2.75) is 26.4 Å². The summed E-state index contributed by atoms with van der Waals surface area (Å²) in [5.74, 6) is 0.210. The number of anilines is 1. The molecule has 1 saturated heterocycles. The first-order valence-electron chi connectivity index (χ1n) is 10.5. The largest absolute Gasteiger partial charge is 0.497 e. The number of halogens is 1. The quantitative estimate of drug-likeness (QED) is 0.789. The predicted molar refractivity (Wildman–Crippen MR) is 90.7 cm³/mol. The summed E-state index contributed by atoms with van der Waals surface area (Å²) in [7, 11) is 1.34. The van der Waals surface area contributed by atoms with Gasteiger partial charge in [0.25, 0.3) is 0 Å². The summed E-state index contributed by atoms with van der Waals surface area (Å²) in [4.78, 5) is 12.9. The zero-order valence-corrected chi connectivity index (χ0v) is 14.3. The first-order chi connectivity index (χ1) is 13.3. The molecule has 0 aliphatic carbocycles. The number of ether oxygens (including phenoxy) is 2. The highest BCUT2D eigenvalue weighted by atomic mass is 79.9. The minimum atomic E-state index is -3.32. The molecule has 5 nitrogen and oxygen atoms in total. The molecule has 0 aromatic heterocycles. The second-order valence-corrected chi connectivity index (χ2v) is 6.36. The van der Waals surface area contributed by atoms with Gasteiger partial charge in [0, 0.05) is 42.2 Å². The van der Waals surface area contributed by atoms with E-state index in [9.17, 15) is 4.79 Å². The van der Waals surface area contributed by atoms with Gasteiger partial charge >= 0.3 is 6.09 Å². The van der Waals surface area contributed by atoms with E-state index in [0.29, 0.717) is 9.37 Å². The first kappa shape index (κ1) is 9.01. The van der Waals surface area contributed by atoms with E-state index in [4.69, 9.17) is 20.4 Å². The third-order valence-corrected chi connectivity index (χ3v) is 2.93. The molecule has 1 fully saturated rings. The Kier molecular flexibility index (Phi) is 2.77. The molecule has 0 atom stereocenters. The fraction of sp³-hybridized carbons (Fsp3) is 0.562. The van der Waals surface area contributed by atoms with Crippen LogP contribution in [-0.4, -0.2) is 49.7 Å². The van der Waals surface area contributed by atoms with E-state index >= 15 is 0 Å². The Labute approximate surface area is 151 Å². The van der Waals surface area contributed by atoms with Gasteiger partial charge in [0.1, 0.15) is 11.4 Å². The maximum Gasteiger partial charge on any atom is 0.410 e. The lowest BCUT2D eigenvalue weighted by Gasteiger charge is -2.36. The van der Waals surface area contributed by atoms with Gasteiger partial charge < -0.3 is 19.3 Å². The molecule has 0 unspecified atom stereocenters. The van der Waals surface area contributed by atoms with Crippen molar-refractivity contribution in [2.24, 2.45) is 0 Å².